The zero-order valence-electron chi connectivity index (χ0n) is 17.7. The van der Waals surface area contributed by atoms with Gasteiger partial charge in [0.1, 0.15) is 11.3 Å². The van der Waals surface area contributed by atoms with E-state index in [2.05, 4.69) is 4.98 Å². The number of carboxylic acids is 1. The Morgan fingerprint density at radius 2 is 1.82 bits per heavy atom. The average Bonchev–Trinajstić information content (AvgIpc) is 2.78. The van der Waals surface area contributed by atoms with Crippen LogP contribution in [-0.4, -0.2) is 73.1 Å². The molecule has 0 radical (unpaired) electrons. The number of aryl methyl sites for hydroxylation is 1. The highest BCUT2D eigenvalue weighted by Gasteiger charge is 2.23. The van der Waals surface area contributed by atoms with E-state index in [1.165, 1.54) is 36.3 Å². The summed E-state index contributed by atoms with van der Waals surface area (Å²) in [7, 11) is 1.34. The minimum atomic E-state index is -1.58. The molecule has 0 spiro atoms. The van der Waals surface area contributed by atoms with E-state index >= 15 is 0 Å². The third-order valence-corrected chi connectivity index (χ3v) is 5.20. The number of aliphatic hydroxyl groups is 2. The Morgan fingerprint density at radius 3 is 2.42 bits per heavy atom. The fourth-order valence-corrected chi connectivity index (χ4v) is 3.57. The van der Waals surface area contributed by atoms with Gasteiger partial charge in [-0.1, -0.05) is 6.07 Å². The lowest BCUT2D eigenvalue weighted by Crippen LogP contribution is -2.36. The predicted molar refractivity (Wildman–Crippen MR) is 115 cm³/mol. The first-order valence-electron chi connectivity index (χ1n) is 9.92. The van der Waals surface area contributed by atoms with Crippen molar-refractivity contribution >= 4 is 22.9 Å². The van der Waals surface area contributed by atoms with Crippen LogP contribution in [0.2, 0.25) is 0 Å². The molecule has 0 saturated carbocycles. The van der Waals surface area contributed by atoms with Crippen molar-refractivity contribution in [3.8, 4) is 5.75 Å². The molecule has 0 unspecified atom stereocenters. The van der Waals surface area contributed by atoms with E-state index in [0.717, 1.165) is 10.6 Å². The molecule has 0 aliphatic heterocycles. The molecule has 2 heterocycles. The summed E-state index contributed by atoms with van der Waals surface area (Å²) < 4.78 is 15.0. The number of aliphatic hydroxyl groups excluding tert-OH is 2. The number of hydrogen-bond acceptors (Lipinski definition) is 7. The Morgan fingerprint density at radius 1 is 1.15 bits per heavy atom. The number of fused-ring (bicyclic) bond motifs is 1. The Bertz CT molecular complexity index is 1280. The van der Waals surface area contributed by atoms with E-state index in [4.69, 9.17) is 0 Å². The molecule has 174 valence electrons. The average molecular weight is 459 g/mol. The summed E-state index contributed by atoms with van der Waals surface area (Å²) in [5.41, 5.74) is -0.619. The molecule has 1 amide bonds. The van der Waals surface area contributed by atoms with Crippen LogP contribution in [-0.2, 0) is 13.5 Å². The van der Waals surface area contributed by atoms with Crippen molar-refractivity contribution in [3.63, 3.8) is 0 Å². The van der Waals surface area contributed by atoms with Gasteiger partial charge in [0.2, 0.25) is 0 Å². The maximum absolute atomic E-state index is 13.9. The van der Waals surface area contributed by atoms with Crippen LogP contribution in [0.3, 0.4) is 0 Å². The van der Waals surface area contributed by atoms with Gasteiger partial charge in [0.15, 0.2) is 11.3 Å². The first-order chi connectivity index (χ1) is 15.7. The number of aromatic hydroxyl groups is 1. The van der Waals surface area contributed by atoms with Gasteiger partial charge in [0.05, 0.1) is 18.7 Å². The minimum Gasteiger partial charge on any atom is -0.505 e. The molecule has 3 rings (SSSR count). The highest BCUT2D eigenvalue weighted by Crippen LogP contribution is 2.26. The van der Waals surface area contributed by atoms with Crippen LogP contribution in [0.4, 0.5) is 4.39 Å². The van der Waals surface area contributed by atoms with Crippen LogP contribution in [0.5, 0.6) is 5.75 Å². The first kappa shape index (κ1) is 23.8. The van der Waals surface area contributed by atoms with E-state index < -0.39 is 34.6 Å². The predicted octanol–water partition coefficient (Wildman–Crippen LogP) is 0.494. The van der Waals surface area contributed by atoms with E-state index in [0.29, 0.717) is 11.1 Å². The summed E-state index contributed by atoms with van der Waals surface area (Å²) in [4.78, 5) is 41.9. The largest absolute Gasteiger partial charge is 0.505 e. The quantitative estimate of drug-likeness (QED) is 0.380. The van der Waals surface area contributed by atoms with E-state index in [1.54, 1.807) is 0 Å². The van der Waals surface area contributed by atoms with Crippen molar-refractivity contribution in [2.24, 2.45) is 7.05 Å². The number of halogens is 1. The second-order valence-electron chi connectivity index (χ2n) is 7.32. The van der Waals surface area contributed by atoms with Crippen LogP contribution in [0.25, 0.3) is 11.0 Å². The van der Waals surface area contributed by atoms with Crippen molar-refractivity contribution in [3.05, 3.63) is 68.9 Å². The summed E-state index contributed by atoms with van der Waals surface area (Å²) in [6.07, 6.45) is 1.46. The van der Waals surface area contributed by atoms with Gasteiger partial charge in [-0.3, -0.25) is 14.6 Å². The van der Waals surface area contributed by atoms with Gasteiger partial charge < -0.3 is 29.9 Å². The number of rotatable bonds is 8. The molecular weight excluding hydrogens is 437 g/mol. The summed E-state index contributed by atoms with van der Waals surface area (Å²) in [6, 6.07) is 5.19. The number of amides is 1. The van der Waals surface area contributed by atoms with E-state index in [1.807, 2.05) is 0 Å². The monoisotopic (exact) mass is 459 g/mol. The van der Waals surface area contributed by atoms with Gasteiger partial charge in [-0.05, 0) is 35.7 Å². The van der Waals surface area contributed by atoms with Crippen molar-refractivity contribution in [2.75, 3.05) is 26.3 Å². The molecule has 0 bridgehead atoms. The molecule has 3 aromatic rings. The summed E-state index contributed by atoms with van der Waals surface area (Å²) in [5.74, 6) is -3.53. The normalized spacial score (nSPS) is 11.0. The lowest BCUT2D eigenvalue weighted by atomic mass is 9.99. The lowest BCUT2D eigenvalue weighted by Gasteiger charge is -2.22. The van der Waals surface area contributed by atoms with Gasteiger partial charge in [-0.2, -0.15) is 0 Å². The summed E-state index contributed by atoms with van der Waals surface area (Å²) >= 11 is 0. The van der Waals surface area contributed by atoms with Crippen LogP contribution in [0, 0.1) is 5.82 Å². The SMILES string of the molecule is Cn1c(=O)c(C(=O)O)c(O)c2ncc(Cc3ccc(F)cc3C(=O)N(CCO)CCO)cc21. The number of carbonyl (C=O) groups excluding carboxylic acids is 1. The van der Waals surface area contributed by atoms with E-state index in [9.17, 15) is 39.2 Å². The Balaban J connectivity index is 2.07. The highest BCUT2D eigenvalue weighted by atomic mass is 19.1. The topological polar surface area (TPSA) is 153 Å². The molecule has 33 heavy (non-hydrogen) atoms. The third-order valence-electron chi connectivity index (χ3n) is 5.20. The Labute approximate surface area is 186 Å². The number of aromatic nitrogens is 2. The highest BCUT2D eigenvalue weighted by molar-refractivity contribution is 5.97. The standard InChI is InChI=1S/C22H22FN3O7/c1-25-16-9-12(11-24-18(16)19(29)17(21(25)31)22(32)33)8-13-2-3-14(23)10-15(13)20(30)26(4-6-27)5-7-28/h2-3,9-11,27-29H,4-8H2,1H3,(H,32,33). The number of hydrogen-bond donors (Lipinski definition) is 4. The number of nitrogens with zero attached hydrogens (tertiary/aromatic N) is 3. The fourth-order valence-electron chi connectivity index (χ4n) is 3.57. The van der Waals surface area contributed by atoms with Gasteiger partial charge in [-0.25, -0.2) is 9.18 Å². The first-order valence-corrected chi connectivity index (χ1v) is 9.92. The van der Waals surface area contributed by atoms with Crippen molar-refractivity contribution < 1.29 is 34.4 Å². The molecule has 4 N–H and O–H groups in total. The Hall–Kier alpha value is -3.83. The van der Waals surface area contributed by atoms with Crippen LogP contribution < -0.4 is 5.56 Å². The lowest BCUT2D eigenvalue weighted by molar-refractivity contribution is 0.0679. The molecule has 2 aromatic heterocycles. The second kappa shape index (κ2) is 9.76. The fraction of sp³-hybridized carbons (Fsp3) is 0.273. The molecule has 0 fully saturated rings. The van der Waals surface area contributed by atoms with Crippen LogP contribution in [0.15, 0.2) is 35.3 Å². The van der Waals surface area contributed by atoms with Crippen LogP contribution in [0.1, 0.15) is 31.8 Å². The van der Waals surface area contributed by atoms with Gasteiger partial charge >= 0.3 is 5.97 Å². The number of aromatic carboxylic acids is 1. The maximum Gasteiger partial charge on any atom is 0.345 e. The number of carboxylic acid groups (broad SMARTS) is 1. The van der Waals surface area contributed by atoms with E-state index in [-0.39, 0.29) is 49.3 Å². The molecule has 0 saturated heterocycles. The molecule has 10 nitrogen and oxygen atoms in total. The molecule has 11 heteroatoms. The zero-order valence-corrected chi connectivity index (χ0v) is 17.7. The number of benzene rings is 1. The molecule has 0 aliphatic rings. The van der Waals surface area contributed by atoms with Crippen LogP contribution >= 0.6 is 0 Å². The third kappa shape index (κ3) is 4.69. The Kier molecular flexibility index (Phi) is 7.04. The minimum absolute atomic E-state index is 0.0370. The van der Waals surface area contributed by atoms with Crippen molar-refractivity contribution in [1.82, 2.24) is 14.5 Å². The van der Waals surface area contributed by atoms with Gasteiger partial charge in [0.25, 0.3) is 11.5 Å². The molecule has 1 aromatic carbocycles. The number of carbonyl (C=O) groups is 2. The van der Waals surface area contributed by atoms with Gasteiger partial charge in [0, 0.05) is 31.9 Å². The maximum atomic E-state index is 13.9. The van der Waals surface area contributed by atoms with Crippen molar-refractivity contribution in [1.29, 1.82) is 0 Å². The van der Waals surface area contributed by atoms with Crippen molar-refractivity contribution in [2.45, 2.75) is 6.42 Å². The molecule has 0 atom stereocenters. The summed E-state index contributed by atoms with van der Waals surface area (Å²) in [6.45, 7) is -0.748. The summed E-state index contributed by atoms with van der Waals surface area (Å²) in [5, 5.41) is 37.8. The molecular formula is C22H22FN3O7. The zero-order chi connectivity index (χ0) is 24.3. The smallest absolute Gasteiger partial charge is 0.345 e. The number of pyridine rings is 2. The van der Waals surface area contributed by atoms with Gasteiger partial charge in [-0.15, -0.1) is 0 Å². The second-order valence-corrected chi connectivity index (χ2v) is 7.32. The molecule has 0 aliphatic carbocycles.